The molecule has 0 aromatic carbocycles. The molecule has 2 heterocycles. The molecule has 2 aromatic rings. The predicted molar refractivity (Wildman–Crippen MR) is 71.8 cm³/mol. The summed E-state index contributed by atoms with van der Waals surface area (Å²) in [5.41, 5.74) is 0.649. The average Bonchev–Trinajstić information content (AvgIpc) is 2.27. The zero-order valence-electron chi connectivity index (χ0n) is 8.53. The monoisotopic (exact) mass is 332 g/mol. The fourth-order valence-electron chi connectivity index (χ4n) is 1.37. The van der Waals surface area contributed by atoms with Crippen molar-refractivity contribution < 1.29 is 0 Å². The molecule has 6 heteroatoms. The first-order valence-electron chi connectivity index (χ1n) is 4.73. The molecule has 0 unspecified atom stereocenters. The number of aromatic nitrogens is 2. The summed E-state index contributed by atoms with van der Waals surface area (Å²) in [5, 5.41) is 0.643. The zero-order chi connectivity index (χ0) is 12.4. The SMILES string of the molecule is O=c1ccc(Br)cn1Cc1ccc(Cl)nc1Cl. The molecule has 17 heavy (non-hydrogen) atoms. The minimum absolute atomic E-state index is 0.0979. The van der Waals surface area contributed by atoms with E-state index in [1.165, 1.54) is 6.07 Å². The van der Waals surface area contributed by atoms with E-state index < -0.39 is 0 Å². The molecule has 0 aliphatic carbocycles. The Hall–Kier alpha value is -0.840. The number of halogens is 3. The van der Waals surface area contributed by atoms with Crippen molar-refractivity contribution in [2.75, 3.05) is 0 Å². The largest absolute Gasteiger partial charge is 0.310 e. The highest BCUT2D eigenvalue weighted by molar-refractivity contribution is 9.10. The van der Waals surface area contributed by atoms with Gasteiger partial charge in [-0.05, 0) is 28.1 Å². The lowest BCUT2D eigenvalue weighted by Crippen LogP contribution is -2.19. The van der Waals surface area contributed by atoms with Crippen molar-refractivity contribution >= 4 is 39.1 Å². The van der Waals surface area contributed by atoms with Crippen molar-refractivity contribution in [2.45, 2.75) is 6.54 Å². The van der Waals surface area contributed by atoms with Gasteiger partial charge in [0.25, 0.3) is 5.56 Å². The predicted octanol–water partition coefficient (Wildman–Crippen LogP) is 3.36. The van der Waals surface area contributed by atoms with E-state index in [9.17, 15) is 4.79 Å². The van der Waals surface area contributed by atoms with E-state index in [0.29, 0.717) is 16.9 Å². The molecule has 0 aliphatic rings. The lowest BCUT2D eigenvalue weighted by atomic mass is 10.3. The molecule has 0 N–H and O–H groups in total. The van der Waals surface area contributed by atoms with Crippen molar-refractivity contribution in [3.05, 3.63) is 61.2 Å². The van der Waals surface area contributed by atoms with Crippen LogP contribution >= 0.6 is 39.1 Å². The molecule has 0 saturated heterocycles. The van der Waals surface area contributed by atoms with Gasteiger partial charge in [0.2, 0.25) is 0 Å². The lowest BCUT2D eigenvalue weighted by molar-refractivity contribution is 0.753. The van der Waals surface area contributed by atoms with Crippen molar-refractivity contribution in [3.8, 4) is 0 Å². The van der Waals surface area contributed by atoms with Crippen LogP contribution in [0.2, 0.25) is 10.3 Å². The Labute approximate surface area is 116 Å². The number of pyridine rings is 2. The Morgan fingerprint density at radius 1 is 1.24 bits per heavy atom. The highest BCUT2D eigenvalue weighted by Gasteiger charge is 2.05. The molecular formula is C11H7BrCl2N2O. The first-order valence-corrected chi connectivity index (χ1v) is 6.28. The Morgan fingerprint density at radius 3 is 2.71 bits per heavy atom. The molecule has 0 amide bonds. The summed E-state index contributed by atoms with van der Waals surface area (Å²) in [6.45, 7) is 0.362. The van der Waals surface area contributed by atoms with Crippen molar-refractivity contribution in [1.29, 1.82) is 0 Å². The number of nitrogens with zero attached hydrogens (tertiary/aromatic N) is 2. The lowest BCUT2D eigenvalue weighted by Gasteiger charge is -2.07. The molecule has 0 bridgehead atoms. The second kappa shape index (κ2) is 5.21. The maximum Gasteiger partial charge on any atom is 0.250 e. The third-order valence-electron chi connectivity index (χ3n) is 2.18. The van der Waals surface area contributed by atoms with Gasteiger partial charge in [0.1, 0.15) is 10.3 Å². The molecule has 88 valence electrons. The Kier molecular flexibility index (Phi) is 3.86. The highest BCUT2D eigenvalue weighted by atomic mass is 79.9. The molecule has 2 rings (SSSR count). The summed E-state index contributed by atoms with van der Waals surface area (Å²) in [6, 6.07) is 6.58. The van der Waals surface area contributed by atoms with Crippen LogP contribution in [0.5, 0.6) is 0 Å². The maximum atomic E-state index is 11.6. The van der Waals surface area contributed by atoms with Gasteiger partial charge in [-0.15, -0.1) is 0 Å². The summed E-state index contributed by atoms with van der Waals surface area (Å²) in [7, 11) is 0. The third kappa shape index (κ3) is 3.09. The van der Waals surface area contributed by atoms with E-state index in [2.05, 4.69) is 20.9 Å². The summed E-state index contributed by atoms with van der Waals surface area (Å²) >= 11 is 15.0. The first kappa shape index (κ1) is 12.6. The fraction of sp³-hybridized carbons (Fsp3) is 0.0909. The van der Waals surface area contributed by atoms with Gasteiger partial charge in [0, 0.05) is 22.3 Å². The van der Waals surface area contributed by atoms with E-state index in [1.807, 2.05) is 0 Å². The van der Waals surface area contributed by atoms with Gasteiger partial charge in [-0.2, -0.15) is 0 Å². The Balaban J connectivity index is 2.38. The van der Waals surface area contributed by atoms with Crippen LogP contribution in [-0.2, 0) is 6.54 Å². The van der Waals surface area contributed by atoms with Gasteiger partial charge < -0.3 is 4.57 Å². The number of rotatable bonds is 2. The smallest absolute Gasteiger partial charge is 0.250 e. The normalized spacial score (nSPS) is 10.5. The maximum absolute atomic E-state index is 11.6. The van der Waals surface area contributed by atoms with Crippen LogP contribution in [0.3, 0.4) is 0 Å². The fourth-order valence-corrected chi connectivity index (χ4v) is 2.15. The van der Waals surface area contributed by atoms with Gasteiger partial charge in [-0.25, -0.2) is 4.98 Å². The molecule has 0 atom stereocenters. The first-order chi connectivity index (χ1) is 8.06. The van der Waals surface area contributed by atoms with Crippen LogP contribution in [0.15, 0.2) is 39.7 Å². The van der Waals surface area contributed by atoms with Crippen molar-refractivity contribution in [3.63, 3.8) is 0 Å². The standard InChI is InChI=1S/C11H7BrCl2N2O/c12-8-2-4-10(17)16(6-8)5-7-1-3-9(13)15-11(7)14/h1-4,6H,5H2. The Morgan fingerprint density at radius 2 is 2.00 bits per heavy atom. The van der Waals surface area contributed by atoms with E-state index in [-0.39, 0.29) is 5.56 Å². The van der Waals surface area contributed by atoms with Crippen molar-refractivity contribution in [1.82, 2.24) is 9.55 Å². The summed E-state index contributed by atoms with van der Waals surface area (Å²) in [6.07, 6.45) is 1.70. The van der Waals surface area contributed by atoms with Gasteiger partial charge in [0.05, 0.1) is 6.54 Å². The van der Waals surface area contributed by atoms with Crippen LogP contribution in [-0.4, -0.2) is 9.55 Å². The van der Waals surface area contributed by atoms with Gasteiger partial charge >= 0.3 is 0 Å². The summed E-state index contributed by atoms with van der Waals surface area (Å²) in [4.78, 5) is 15.5. The second-order valence-corrected chi connectivity index (χ2v) is 5.06. The number of hydrogen-bond acceptors (Lipinski definition) is 2. The number of hydrogen-bond donors (Lipinski definition) is 0. The van der Waals surface area contributed by atoms with E-state index >= 15 is 0 Å². The molecule has 0 aliphatic heterocycles. The highest BCUT2D eigenvalue weighted by Crippen LogP contribution is 2.17. The minimum atomic E-state index is -0.0979. The minimum Gasteiger partial charge on any atom is -0.310 e. The van der Waals surface area contributed by atoms with Crippen LogP contribution in [0, 0.1) is 0 Å². The Bertz CT molecular complexity index is 613. The summed E-state index contributed by atoms with van der Waals surface area (Å²) in [5.74, 6) is 0. The average molecular weight is 334 g/mol. The molecule has 3 nitrogen and oxygen atoms in total. The van der Waals surface area contributed by atoms with Crippen LogP contribution in [0.25, 0.3) is 0 Å². The van der Waals surface area contributed by atoms with E-state index in [0.717, 1.165) is 10.0 Å². The molecule has 2 aromatic heterocycles. The second-order valence-electron chi connectivity index (χ2n) is 3.40. The molecule has 0 fully saturated rings. The van der Waals surface area contributed by atoms with E-state index in [4.69, 9.17) is 23.2 Å². The van der Waals surface area contributed by atoms with Gasteiger partial charge in [-0.3, -0.25) is 4.79 Å². The van der Waals surface area contributed by atoms with Crippen molar-refractivity contribution in [2.24, 2.45) is 0 Å². The van der Waals surface area contributed by atoms with Crippen LogP contribution < -0.4 is 5.56 Å². The zero-order valence-corrected chi connectivity index (χ0v) is 11.6. The van der Waals surface area contributed by atoms with E-state index in [1.54, 1.807) is 29.0 Å². The topological polar surface area (TPSA) is 34.9 Å². The third-order valence-corrected chi connectivity index (χ3v) is 3.19. The van der Waals surface area contributed by atoms with Gasteiger partial charge in [-0.1, -0.05) is 29.3 Å². The molecular weight excluding hydrogens is 327 g/mol. The molecule has 0 radical (unpaired) electrons. The van der Waals surface area contributed by atoms with Crippen LogP contribution in [0.4, 0.5) is 0 Å². The van der Waals surface area contributed by atoms with Gasteiger partial charge in [0.15, 0.2) is 0 Å². The van der Waals surface area contributed by atoms with Crippen LogP contribution in [0.1, 0.15) is 5.56 Å². The molecule has 0 spiro atoms. The summed E-state index contributed by atoms with van der Waals surface area (Å²) < 4.78 is 2.37. The molecule has 0 saturated carbocycles. The quantitative estimate of drug-likeness (QED) is 0.790.